The maximum Gasteiger partial charge on any atom is 0.393 e. The summed E-state index contributed by atoms with van der Waals surface area (Å²) >= 11 is 0. The number of nitrogens with zero attached hydrogens (tertiary/aromatic N) is 1. The van der Waals surface area contributed by atoms with Crippen LogP contribution in [0.15, 0.2) is 0 Å². The number of hydrogen-bond acceptors (Lipinski definition) is 2. The molecule has 0 bridgehead atoms. The first kappa shape index (κ1) is 16.8. The molecule has 1 fully saturated rings. The third-order valence-electron chi connectivity index (χ3n) is 3.77. The average molecular weight is 280 g/mol. The summed E-state index contributed by atoms with van der Waals surface area (Å²) in [4.78, 5) is 2.07. The summed E-state index contributed by atoms with van der Waals surface area (Å²) in [6.07, 6.45) is -1.55. The van der Waals surface area contributed by atoms with E-state index in [0.717, 1.165) is 13.0 Å². The highest BCUT2D eigenvalue weighted by molar-refractivity contribution is 4.87. The summed E-state index contributed by atoms with van der Waals surface area (Å²) in [7, 11) is 3.97. The van der Waals surface area contributed by atoms with Crippen molar-refractivity contribution in [3.63, 3.8) is 0 Å². The van der Waals surface area contributed by atoms with Crippen molar-refractivity contribution in [1.29, 1.82) is 0 Å². The normalized spacial score (nSPS) is 25.9. The molecule has 0 aliphatic heterocycles. The van der Waals surface area contributed by atoms with Crippen molar-refractivity contribution < 1.29 is 13.2 Å². The molecule has 1 saturated carbocycles. The van der Waals surface area contributed by atoms with Crippen LogP contribution in [0.25, 0.3) is 0 Å². The molecule has 0 aromatic heterocycles. The van der Waals surface area contributed by atoms with Crippen molar-refractivity contribution in [2.45, 2.75) is 51.7 Å². The largest absolute Gasteiger partial charge is 0.393 e. The van der Waals surface area contributed by atoms with Crippen LogP contribution in [-0.4, -0.2) is 44.3 Å². The van der Waals surface area contributed by atoms with Crippen LogP contribution in [0.5, 0.6) is 0 Å². The number of halogens is 3. The zero-order valence-corrected chi connectivity index (χ0v) is 12.5. The first-order valence-electron chi connectivity index (χ1n) is 7.07. The highest BCUT2D eigenvalue weighted by atomic mass is 19.4. The van der Waals surface area contributed by atoms with E-state index in [1.807, 2.05) is 14.1 Å². The minimum atomic E-state index is -4.07. The van der Waals surface area contributed by atoms with Gasteiger partial charge in [0.2, 0.25) is 0 Å². The standard InChI is InChI=1S/C14H27F3N2/c1-13(2,10-19(3)4)9-18-12-8-6-5-7-11(12)14(15,16)17/h11-12,18H,5-10H2,1-4H3. The predicted molar refractivity (Wildman–Crippen MR) is 72.1 cm³/mol. The Kier molecular flexibility index (Phi) is 5.68. The summed E-state index contributed by atoms with van der Waals surface area (Å²) in [5.74, 6) is -1.17. The van der Waals surface area contributed by atoms with E-state index >= 15 is 0 Å². The van der Waals surface area contributed by atoms with Crippen LogP contribution in [0.3, 0.4) is 0 Å². The second-order valence-corrected chi connectivity index (χ2v) is 6.82. The molecule has 1 aliphatic rings. The van der Waals surface area contributed by atoms with Gasteiger partial charge in [-0.25, -0.2) is 0 Å². The van der Waals surface area contributed by atoms with Gasteiger partial charge in [0.15, 0.2) is 0 Å². The lowest BCUT2D eigenvalue weighted by atomic mass is 9.83. The fourth-order valence-corrected chi connectivity index (χ4v) is 3.09. The van der Waals surface area contributed by atoms with E-state index in [2.05, 4.69) is 24.1 Å². The molecule has 0 spiro atoms. The van der Waals surface area contributed by atoms with Crippen LogP contribution in [0.4, 0.5) is 13.2 Å². The molecular formula is C14H27F3N2. The van der Waals surface area contributed by atoms with Gasteiger partial charge in [-0.3, -0.25) is 0 Å². The quantitative estimate of drug-likeness (QED) is 0.831. The van der Waals surface area contributed by atoms with Crippen LogP contribution in [0, 0.1) is 11.3 Å². The first-order chi connectivity index (χ1) is 8.62. The van der Waals surface area contributed by atoms with E-state index in [1.165, 1.54) is 0 Å². The molecule has 1 aliphatic carbocycles. The highest BCUT2D eigenvalue weighted by Gasteiger charge is 2.45. The van der Waals surface area contributed by atoms with E-state index in [9.17, 15) is 13.2 Å². The second kappa shape index (κ2) is 6.44. The van der Waals surface area contributed by atoms with Crippen molar-refractivity contribution in [3.05, 3.63) is 0 Å². The Morgan fingerprint density at radius 2 is 1.68 bits per heavy atom. The van der Waals surface area contributed by atoms with Crippen molar-refractivity contribution in [1.82, 2.24) is 10.2 Å². The maximum atomic E-state index is 13.0. The van der Waals surface area contributed by atoms with Gasteiger partial charge in [0, 0.05) is 19.1 Å². The van der Waals surface area contributed by atoms with E-state index in [-0.39, 0.29) is 11.8 Å². The third-order valence-corrected chi connectivity index (χ3v) is 3.77. The van der Waals surface area contributed by atoms with Crippen molar-refractivity contribution in [2.24, 2.45) is 11.3 Å². The Bertz CT molecular complexity index is 274. The molecule has 0 heterocycles. The number of rotatable bonds is 5. The lowest BCUT2D eigenvalue weighted by Gasteiger charge is -2.37. The van der Waals surface area contributed by atoms with Gasteiger partial charge >= 0.3 is 6.18 Å². The summed E-state index contributed by atoms with van der Waals surface area (Å²) in [5.41, 5.74) is -0.0168. The zero-order valence-electron chi connectivity index (χ0n) is 12.5. The summed E-state index contributed by atoms with van der Waals surface area (Å²) in [5, 5.41) is 3.18. The Hall–Kier alpha value is -0.290. The predicted octanol–water partition coefficient (Wildman–Crippen LogP) is 3.28. The number of nitrogens with one attached hydrogen (secondary N) is 1. The highest BCUT2D eigenvalue weighted by Crippen LogP contribution is 2.37. The van der Waals surface area contributed by atoms with Gasteiger partial charge in [0.25, 0.3) is 0 Å². The SMILES string of the molecule is CN(C)CC(C)(C)CNC1CCCCC1C(F)(F)F. The fourth-order valence-electron chi connectivity index (χ4n) is 3.09. The van der Waals surface area contributed by atoms with E-state index in [1.54, 1.807) is 0 Å². The minimum absolute atomic E-state index is 0.0168. The van der Waals surface area contributed by atoms with Crippen LogP contribution < -0.4 is 5.32 Å². The molecule has 0 saturated heterocycles. The van der Waals surface area contributed by atoms with Gasteiger partial charge in [-0.2, -0.15) is 13.2 Å². The number of hydrogen-bond donors (Lipinski definition) is 1. The van der Waals surface area contributed by atoms with Crippen molar-refractivity contribution >= 4 is 0 Å². The third kappa shape index (κ3) is 5.69. The molecule has 2 nitrogen and oxygen atoms in total. The number of alkyl halides is 3. The second-order valence-electron chi connectivity index (χ2n) is 6.82. The lowest BCUT2D eigenvalue weighted by Crippen LogP contribution is -2.49. The molecule has 1 rings (SSSR count). The summed E-state index contributed by atoms with van der Waals surface area (Å²) in [6, 6.07) is -0.407. The molecule has 0 aromatic carbocycles. The Labute approximate surface area is 114 Å². The van der Waals surface area contributed by atoms with E-state index < -0.39 is 18.1 Å². The fraction of sp³-hybridized carbons (Fsp3) is 1.00. The Balaban J connectivity index is 2.54. The van der Waals surface area contributed by atoms with Gasteiger partial charge in [-0.15, -0.1) is 0 Å². The van der Waals surface area contributed by atoms with E-state index in [4.69, 9.17) is 0 Å². The Morgan fingerprint density at radius 1 is 1.11 bits per heavy atom. The summed E-state index contributed by atoms with van der Waals surface area (Å²) in [6.45, 7) is 5.67. The zero-order chi connectivity index (χ0) is 14.7. The van der Waals surface area contributed by atoms with Crippen LogP contribution in [0.2, 0.25) is 0 Å². The van der Waals surface area contributed by atoms with Crippen LogP contribution >= 0.6 is 0 Å². The maximum absolute atomic E-state index is 13.0. The van der Waals surface area contributed by atoms with Crippen molar-refractivity contribution in [2.75, 3.05) is 27.2 Å². The molecule has 0 radical (unpaired) electrons. The molecule has 1 N–H and O–H groups in total. The topological polar surface area (TPSA) is 15.3 Å². The molecule has 2 atom stereocenters. The lowest BCUT2D eigenvalue weighted by molar-refractivity contribution is -0.189. The monoisotopic (exact) mass is 280 g/mol. The molecular weight excluding hydrogens is 253 g/mol. The van der Waals surface area contributed by atoms with Crippen molar-refractivity contribution in [3.8, 4) is 0 Å². The smallest absolute Gasteiger partial charge is 0.313 e. The first-order valence-corrected chi connectivity index (χ1v) is 7.07. The average Bonchev–Trinajstić information content (AvgIpc) is 2.24. The summed E-state index contributed by atoms with van der Waals surface area (Å²) < 4.78 is 38.9. The minimum Gasteiger partial charge on any atom is -0.313 e. The van der Waals surface area contributed by atoms with E-state index in [0.29, 0.717) is 19.4 Å². The molecule has 114 valence electrons. The van der Waals surface area contributed by atoms with Gasteiger partial charge in [0.05, 0.1) is 5.92 Å². The van der Waals surface area contributed by atoms with Gasteiger partial charge in [0.1, 0.15) is 0 Å². The molecule has 0 aromatic rings. The van der Waals surface area contributed by atoms with Gasteiger partial charge < -0.3 is 10.2 Å². The van der Waals surface area contributed by atoms with Crippen LogP contribution in [-0.2, 0) is 0 Å². The van der Waals surface area contributed by atoms with Gasteiger partial charge in [-0.05, 0) is 32.4 Å². The van der Waals surface area contributed by atoms with Gasteiger partial charge in [-0.1, -0.05) is 26.7 Å². The molecule has 0 amide bonds. The molecule has 2 unspecified atom stereocenters. The molecule has 19 heavy (non-hydrogen) atoms. The van der Waals surface area contributed by atoms with Crippen LogP contribution in [0.1, 0.15) is 39.5 Å². The Morgan fingerprint density at radius 3 is 2.21 bits per heavy atom. The molecule has 5 heteroatoms.